The molecule has 0 aromatic carbocycles. The van der Waals surface area contributed by atoms with Gasteiger partial charge in [0.2, 0.25) is 0 Å². The second kappa shape index (κ2) is 4.86. The first kappa shape index (κ1) is 13.9. The molecule has 1 atom stereocenters. The molecule has 102 valence electrons. The lowest BCUT2D eigenvalue weighted by atomic mass is 10.2. The molecule has 5 nitrogen and oxygen atoms in total. The van der Waals surface area contributed by atoms with Gasteiger partial charge in [-0.15, -0.1) is 6.58 Å². The lowest BCUT2D eigenvalue weighted by Gasteiger charge is -2.28. The predicted octanol–water partition coefficient (Wildman–Crippen LogP) is 1.00. The van der Waals surface area contributed by atoms with Crippen molar-refractivity contribution in [3.05, 3.63) is 12.7 Å². The third kappa shape index (κ3) is 3.07. The summed E-state index contributed by atoms with van der Waals surface area (Å²) in [5.41, 5.74) is 2.91. The second-order valence-electron chi connectivity index (χ2n) is 5.09. The smallest absolute Gasteiger partial charge is 0.176 e. The van der Waals surface area contributed by atoms with E-state index >= 15 is 0 Å². The monoisotopic (exact) mass is 289 g/mol. The van der Waals surface area contributed by atoms with Gasteiger partial charge in [-0.1, -0.05) is 17.8 Å². The Bertz CT molecular complexity index is 471. The molecule has 0 aromatic heterocycles. The highest BCUT2D eigenvalue weighted by molar-refractivity contribution is 8.13. The van der Waals surface area contributed by atoms with E-state index in [-0.39, 0.29) is 23.2 Å². The zero-order valence-electron chi connectivity index (χ0n) is 10.7. The normalized spacial score (nSPS) is 29.3. The van der Waals surface area contributed by atoms with Gasteiger partial charge in [0.05, 0.1) is 17.5 Å². The lowest BCUT2D eigenvalue weighted by Crippen LogP contribution is -2.50. The van der Waals surface area contributed by atoms with E-state index in [0.29, 0.717) is 6.42 Å². The van der Waals surface area contributed by atoms with E-state index in [9.17, 15) is 8.42 Å². The fraction of sp³-hybridized carbons (Fsp3) is 0.727. The summed E-state index contributed by atoms with van der Waals surface area (Å²) < 4.78 is 23.1. The highest BCUT2D eigenvalue weighted by atomic mass is 32.2. The number of rotatable bonds is 3. The fourth-order valence-corrected chi connectivity index (χ4v) is 4.72. The van der Waals surface area contributed by atoms with Crippen LogP contribution in [-0.4, -0.2) is 47.6 Å². The fourth-order valence-electron chi connectivity index (χ4n) is 2.12. The molecule has 2 heterocycles. The van der Waals surface area contributed by atoms with Crippen LogP contribution in [0.4, 0.5) is 0 Å². The first-order chi connectivity index (χ1) is 8.33. The standard InChI is InChI=1S/C11H19N3O2S2/c1-4-6-17-10-12-11(2,3)13-14(10)9-5-7-18(15,16)8-9/h4,9,13H,1,5-8H2,2-3H3. The van der Waals surface area contributed by atoms with Crippen molar-refractivity contribution in [3.63, 3.8) is 0 Å². The molecule has 0 aromatic rings. The van der Waals surface area contributed by atoms with Crippen LogP contribution in [-0.2, 0) is 9.84 Å². The average molecular weight is 289 g/mol. The van der Waals surface area contributed by atoms with E-state index in [1.165, 1.54) is 0 Å². The molecule has 0 saturated carbocycles. The van der Waals surface area contributed by atoms with Crippen molar-refractivity contribution < 1.29 is 8.42 Å². The summed E-state index contributed by atoms with van der Waals surface area (Å²) in [6, 6.07) is -0.00663. The number of hydrogen-bond acceptors (Lipinski definition) is 6. The molecular weight excluding hydrogens is 270 g/mol. The Hall–Kier alpha value is -0.530. The van der Waals surface area contributed by atoms with E-state index < -0.39 is 9.84 Å². The summed E-state index contributed by atoms with van der Waals surface area (Å²) in [5, 5.41) is 2.79. The molecule has 2 aliphatic rings. The first-order valence-electron chi connectivity index (χ1n) is 5.94. The molecule has 0 bridgehead atoms. The van der Waals surface area contributed by atoms with Crippen molar-refractivity contribution in [2.24, 2.45) is 4.99 Å². The quantitative estimate of drug-likeness (QED) is 0.786. The van der Waals surface area contributed by atoms with Crippen molar-refractivity contribution in [3.8, 4) is 0 Å². The van der Waals surface area contributed by atoms with Crippen molar-refractivity contribution in [1.82, 2.24) is 10.4 Å². The molecule has 1 saturated heterocycles. The molecule has 0 spiro atoms. The number of thioether (sulfide) groups is 1. The van der Waals surface area contributed by atoms with Crippen LogP contribution in [0.5, 0.6) is 0 Å². The van der Waals surface area contributed by atoms with E-state index in [1.807, 2.05) is 24.9 Å². The van der Waals surface area contributed by atoms with Crippen molar-refractivity contribution in [2.45, 2.75) is 32.0 Å². The van der Waals surface area contributed by atoms with Gasteiger partial charge in [-0.2, -0.15) is 0 Å². The Morgan fingerprint density at radius 1 is 1.67 bits per heavy atom. The average Bonchev–Trinajstić information content (AvgIpc) is 2.75. The van der Waals surface area contributed by atoms with Gasteiger partial charge in [0.1, 0.15) is 5.66 Å². The minimum atomic E-state index is -2.88. The molecular formula is C11H19N3O2S2. The number of amidine groups is 1. The van der Waals surface area contributed by atoms with Gasteiger partial charge in [-0.3, -0.25) is 5.01 Å². The van der Waals surface area contributed by atoms with E-state index in [2.05, 4.69) is 17.0 Å². The Morgan fingerprint density at radius 3 is 2.94 bits per heavy atom. The Balaban J connectivity index is 2.12. The first-order valence-corrected chi connectivity index (χ1v) is 8.75. The molecule has 0 aliphatic carbocycles. The van der Waals surface area contributed by atoms with Crippen LogP contribution in [0, 0.1) is 0 Å². The van der Waals surface area contributed by atoms with Crippen molar-refractivity contribution in [1.29, 1.82) is 0 Å². The van der Waals surface area contributed by atoms with E-state index in [1.54, 1.807) is 11.8 Å². The van der Waals surface area contributed by atoms with Crippen LogP contribution in [0.2, 0.25) is 0 Å². The highest BCUT2D eigenvalue weighted by Gasteiger charge is 2.40. The van der Waals surface area contributed by atoms with Gasteiger partial charge in [0, 0.05) is 5.75 Å². The van der Waals surface area contributed by atoms with E-state index in [4.69, 9.17) is 0 Å². The van der Waals surface area contributed by atoms with Gasteiger partial charge < -0.3 is 0 Å². The van der Waals surface area contributed by atoms with Gasteiger partial charge >= 0.3 is 0 Å². The summed E-state index contributed by atoms with van der Waals surface area (Å²) in [6.07, 6.45) is 2.49. The van der Waals surface area contributed by atoms with Crippen LogP contribution in [0.15, 0.2) is 17.6 Å². The Labute approximate surface area is 113 Å². The van der Waals surface area contributed by atoms with Gasteiger partial charge in [0.25, 0.3) is 0 Å². The molecule has 2 aliphatic heterocycles. The summed E-state index contributed by atoms with van der Waals surface area (Å²) in [6.45, 7) is 7.65. The lowest BCUT2D eigenvalue weighted by molar-refractivity contribution is 0.204. The van der Waals surface area contributed by atoms with Gasteiger partial charge in [-0.25, -0.2) is 18.8 Å². The molecule has 0 radical (unpaired) electrons. The minimum absolute atomic E-state index is 0.00663. The maximum absolute atomic E-state index is 11.6. The largest absolute Gasteiger partial charge is 0.281 e. The summed E-state index contributed by atoms with van der Waals surface area (Å²) in [4.78, 5) is 4.58. The number of hydrazine groups is 1. The molecule has 2 rings (SSSR count). The van der Waals surface area contributed by atoms with Crippen LogP contribution < -0.4 is 5.43 Å². The maximum Gasteiger partial charge on any atom is 0.176 e. The number of sulfone groups is 1. The summed E-state index contributed by atoms with van der Waals surface area (Å²) in [5.74, 6) is 1.26. The Kier molecular flexibility index (Phi) is 3.75. The SMILES string of the molecule is C=CCSC1=NC(C)(C)NN1C1CCS(=O)(=O)C1. The van der Waals surface area contributed by atoms with Crippen molar-refractivity contribution >= 4 is 26.8 Å². The molecule has 0 amide bonds. The molecule has 1 fully saturated rings. The third-order valence-electron chi connectivity index (χ3n) is 2.88. The van der Waals surface area contributed by atoms with Crippen LogP contribution in [0.3, 0.4) is 0 Å². The molecule has 1 N–H and O–H groups in total. The number of nitrogens with one attached hydrogen (secondary N) is 1. The highest BCUT2D eigenvalue weighted by Crippen LogP contribution is 2.27. The molecule has 1 unspecified atom stereocenters. The predicted molar refractivity (Wildman–Crippen MR) is 76.2 cm³/mol. The Morgan fingerprint density at radius 2 is 2.39 bits per heavy atom. The number of hydrogen-bond donors (Lipinski definition) is 1. The van der Waals surface area contributed by atoms with Crippen molar-refractivity contribution in [2.75, 3.05) is 17.3 Å². The number of nitrogens with zero attached hydrogens (tertiary/aromatic N) is 2. The third-order valence-corrected chi connectivity index (χ3v) is 5.58. The zero-order chi connectivity index (χ0) is 13.4. The zero-order valence-corrected chi connectivity index (χ0v) is 12.4. The summed E-state index contributed by atoms with van der Waals surface area (Å²) in [7, 11) is -2.88. The van der Waals surface area contributed by atoms with E-state index in [0.717, 1.165) is 10.9 Å². The van der Waals surface area contributed by atoms with Gasteiger partial charge in [0.15, 0.2) is 15.0 Å². The summed E-state index contributed by atoms with van der Waals surface area (Å²) >= 11 is 1.58. The second-order valence-corrected chi connectivity index (χ2v) is 8.31. The molecule has 7 heteroatoms. The van der Waals surface area contributed by atoms with Crippen LogP contribution in [0.25, 0.3) is 0 Å². The number of aliphatic imine (C=N–C) groups is 1. The van der Waals surface area contributed by atoms with Crippen LogP contribution >= 0.6 is 11.8 Å². The maximum atomic E-state index is 11.6. The molecule has 18 heavy (non-hydrogen) atoms. The van der Waals surface area contributed by atoms with Crippen LogP contribution in [0.1, 0.15) is 20.3 Å². The van der Waals surface area contributed by atoms with Gasteiger partial charge in [-0.05, 0) is 20.3 Å². The minimum Gasteiger partial charge on any atom is -0.281 e. The topological polar surface area (TPSA) is 61.8 Å².